The lowest BCUT2D eigenvalue weighted by atomic mass is 10.0. The number of hydrogen-bond acceptors (Lipinski definition) is 2. The normalized spacial score (nSPS) is 10.6. The average Bonchev–Trinajstić information content (AvgIpc) is 2.62. The van der Waals surface area contributed by atoms with Gasteiger partial charge in [0.1, 0.15) is 18.2 Å². The Bertz CT molecular complexity index is 833. The summed E-state index contributed by atoms with van der Waals surface area (Å²) in [4.78, 5) is 0. The van der Waals surface area contributed by atoms with Crippen LogP contribution in [0.1, 0.15) is 11.1 Å². The van der Waals surface area contributed by atoms with Crippen molar-refractivity contribution in [2.75, 3.05) is 0 Å². The maximum Gasteiger partial charge on any atom is 0.131 e. The molecular formula is C20H17ClFNO. The summed E-state index contributed by atoms with van der Waals surface area (Å²) in [6, 6.07) is 19.7. The summed E-state index contributed by atoms with van der Waals surface area (Å²) in [6.07, 6.45) is 0. The van der Waals surface area contributed by atoms with E-state index in [1.54, 1.807) is 24.3 Å². The first kappa shape index (κ1) is 16.5. The lowest BCUT2D eigenvalue weighted by Crippen LogP contribution is -1.99. The van der Waals surface area contributed by atoms with Gasteiger partial charge in [-0.15, -0.1) is 0 Å². The van der Waals surface area contributed by atoms with Gasteiger partial charge in [0, 0.05) is 23.2 Å². The van der Waals surface area contributed by atoms with Crippen molar-refractivity contribution < 1.29 is 9.13 Å². The summed E-state index contributed by atoms with van der Waals surface area (Å²) in [7, 11) is 0. The summed E-state index contributed by atoms with van der Waals surface area (Å²) in [5.41, 5.74) is 8.57. The molecule has 3 rings (SSSR count). The van der Waals surface area contributed by atoms with Gasteiger partial charge < -0.3 is 10.5 Å². The fraction of sp³-hybridized carbons (Fsp3) is 0.100. The standard InChI is InChI=1S/C20H17ClFNO/c21-20-15(13-24-16-10-8-14(12-23)9-11-16)4-3-6-18(20)17-5-1-2-7-19(17)22/h1-11H,12-13,23H2. The second-order valence-corrected chi connectivity index (χ2v) is 5.77. The fourth-order valence-electron chi connectivity index (χ4n) is 2.46. The predicted molar refractivity (Wildman–Crippen MR) is 95.5 cm³/mol. The summed E-state index contributed by atoms with van der Waals surface area (Å²) >= 11 is 6.47. The lowest BCUT2D eigenvalue weighted by Gasteiger charge is -2.12. The molecule has 2 nitrogen and oxygen atoms in total. The van der Waals surface area contributed by atoms with Gasteiger partial charge in [-0.3, -0.25) is 0 Å². The van der Waals surface area contributed by atoms with Gasteiger partial charge in [-0.1, -0.05) is 60.1 Å². The quantitative estimate of drug-likeness (QED) is 0.693. The van der Waals surface area contributed by atoms with Crippen molar-refractivity contribution in [2.24, 2.45) is 5.73 Å². The summed E-state index contributed by atoms with van der Waals surface area (Å²) < 4.78 is 19.8. The Labute approximate surface area is 145 Å². The second kappa shape index (κ2) is 7.47. The van der Waals surface area contributed by atoms with E-state index >= 15 is 0 Å². The highest BCUT2D eigenvalue weighted by Crippen LogP contribution is 2.32. The first-order valence-electron chi connectivity index (χ1n) is 7.63. The van der Waals surface area contributed by atoms with Gasteiger partial charge in [0.25, 0.3) is 0 Å². The van der Waals surface area contributed by atoms with Gasteiger partial charge in [0.15, 0.2) is 0 Å². The minimum Gasteiger partial charge on any atom is -0.489 e. The van der Waals surface area contributed by atoms with Crippen LogP contribution in [0.2, 0.25) is 5.02 Å². The Morgan fingerprint density at radius 2 is 1.58 bits per heavy atom. The molecule has 0 saturated carbocycles. The van der Waals surface area contributed by atoms with Gasteiger partial charge in [0.2, 0.25) is 0 Å². The van der Waals surface area contributed by atoms with E-state index in [4.69, 9.17) is 22.1 Å². The molecule has 2 N–H and O–H groups in total. The first-order valence-corrected chi connectivity index (χ1v) is 8.01. The molecule has 3 aromatic carbocycles. The largest absolute Gasteiger partial charge is 0.489 e. The molecule has 24 heavy (non-hydrogen) atoms. The molecule has 4 heteroatoms. The zero-order chi connectivity index (χ0) is 16.9. The molecular weight excluding hydrogens is 325 g/mol. The van der Waals surface area contributed by atoms with E-state index in [-0.39, 0.29) is 5.82 Å². The van der Waals surface area contributed by atoms with E-state index in [1.807, 2.05) is 36.4 Å². The lowest BCUT2D eigenvalue weighted by molar-refractivity contribution is 0.306. The molecule has 0 aromatic heterocycles. The van der Waals surface area contributed by atoms with Crippen molar-refractivity contribution in [2.45, 2.75) is 13.2 Å². The van der Waals surface area contributed by atoms with Crippen LogP contribution in [0.4, 0.5) is 4.39 Å². The Hall–Kier alpha value is -2.36. The maximum atomic E-state index is 14.0. The molecule has 0 bridgehead atoms. The molecule has 0 aliphatic heterocycles. The molecule has 122 valence electrons. The monoisotopic (exact) mass is 341 g/mol. The van der Waals surface area contributed by atoms with Crippen LogP contribution in [0.25, 0.3) is 11.1 Å². The Kier molecular flexibility index (Phi) is 5.14. The SMILES string of the molecule is NCc1ccc(OCc2cccc(-c3ccccc3F)c2Cl)cc1. The molecule has 0 heterocycles. The molecule has 0 unspecified atom stereocenters. The van der Waals surface area contributed by atoms with Crippen molar-refractivity contribution in [3.8, 4) is 16.9 Å². The molecule has 0 amide bonds. The van der Waals surface area contributed by atoms with Gasteiger partial charge in [-0.25, -0.2) is 4.39 Å². The van der Waals surface area contributed by atoms with Gasteiger partial charge in [0.05, 0.1) is 5.02 Å². The van der Waals surface area contributed by atoms with Crippen molar-refractivity contribution in [3.05, 3.63) is 88.7 Å². The van der Waals surface area contributed by atoms with Crippen LogP contribution in [0, 0.1) is 5.82 Å². The van der Waals surface area contributed by atoms with Gasteiger partial charge >= 0.3 is 0 Å². The van der Waals surface area contributed by atoms with E-state index in [9.17, 15) is 4.39 Å². The van der Waals surface area contributed by atoms with Crippen molar-refractivity contribution in [1.29, 1.82) is 0 Å². The van der Waals surface area contributed by atoms with Crippen LogP contribution in [-0.2, 0) is 13.2 Å². The van der Waals surface area contributed by atoms with Crippen LogP contribution < -0.4 is 10.5 Å². The average molecular weight is 342 g/mol. The van der Waals surface area contributed by atoms with Gasteiger partial charge in [-0.05, 0) is 23.8 Å². The van der Waals surface area contributed by atoms with E-state index < -0.39 is 0 Å². The van der Waals surface area contributed by atoms with E-state index in [2.05, 4.69) is 0 Å². The third kappa shape index (κ3) is 3.58. The Morgan fingerprint density at radius 3 is 2.29 bits per heavy atom. The van der Waals surface area contributed by atoms with E-state index in [1.165, 1.54) is 6.07 Å². The van der Waals surface area contributed by atoms with Crippen molar-refractivity contribution >= 4 is 11.6 Å². The molecule has 0 aliphatic carbocycles. The molecule has 0 spiro atoms. The van der Waals surface area contributed by atoms with Crippen LogP contribution in [0.5, 0.6) is 5.75 Å². The van der Waals surface area contributed by atoms with Crippen LogP contribution in [-0.4, -0.2) is 0 Å². The van der Waals surface area contributed by atoms with Crippen molar-refractivity contribution in [3.63, 3.8) is 0 Å². The number of benzene rings is 3. The van der Waals surface area contributed by atoms with E-state index in [0.29, 0.717) is 29.3 Å². The zero-order valence-corrected chi connectivity index (χ0v) is 13.8. The second-order valence-electron chi connectivity index (χ2n) is 5.40. The van der Waals surface area contributed by atoms with E-state index in [0.717, 1.165) is 16.9 Å². The molecule has 0 atom stereocenters. The number of rotatable bonds is 5. The molecule has 3 aromatic rings. The third-order valence-corrected chi connectivity index (χ3v) is 4.24. The fourth-order valence-corrected chi connectivity index (χ4v) is 2.74. The Balaban J connectivity index is 1.81. The Morgan fingerprint density at radius 1 is 0.875 bits per heavy atom. The van der Waals surface area contributed by atoms with Gasteiger partial charge in [-0.2, -0.15) is 0 Å². The molecule has 0 saturated heterocycles. The topological polar surface area (TPSA) is 35.2 Å². The predicted octanol–water partition coefficient (Wildman–Crippen LogP) is 5.18. The van der Waals surface area contributed by atoms with Crippen LogP contribution in [0.15, 0.2) is 66.7 Å². The highest BCUT2D eigenvalue weighted by molar-refractivity contribution is 6.34. The summed E-state index contributed by atoms with van der Waals surface area (Å²) in [6.45, 7) is 0.805. The minimum absolute atomic E-state index is 0.296. The minimum atomic E-state index is -0.296. The molecule has 0 fully saturated rings. The maximum absolute atomic E-state index is 14.0. The highest BCUT2D eigenvalue weighted by atomic mass is 35.5. The van der Waals surface area contributed by atoms with Crippen molar-refractivity contribution in [1.82, 2.24) is 0 Å². The number of nitrogens with two attached hydrogens (primary N) is 1. The molecule has 0 radical (unpaired) electrons. The first-order chi connectivity index (χ1) is 11.7. The highest BCUT2D eigenvalue weighted by Gasteiger charge is 2.11. The third-order valence-electron chi connectivity index (χ3n) is 3.80. The summed E-state index contributed by atoms with van der Waals surface area (Å²) in [5.74, 6) is 0.439. The number of hydrogen-bond donors (Lipinski definition) is 1. The smallest absolute Gasteiger partial charge is 0.131 e. The van der Waals surface area contributed by atoms with Crippen LogP contribution >= 0.6 is 11.6 Å². The number of ether oxygens (including phenoxy) is 1. The zero-order valence-electron chi connectivity index (χ0n) is 13.0. The van der Waals surface area contributed by atoms with Crippen LogP contribution in [0.3, 0.4) is 0 Å². The number of halogens is 2. The summed E-state index contributed by atoms with van der Waals surface area (Å²) in [5, 5.41) is 0.501. The molecule has 0 aliphatic rings.